The molecule has 0 aliphatic carbocycles. The molecule has 0 aromatic heterocycles. The number of nitrogens with zero attached hydrogens (tertiary/aromatic N) is 1. The summed E-state index contributed by atoms with van der Waals surface area (Å²) in [6.07, 6.45) is 8.69. The number of hydrogen-bond donors (Lipinski definition) is 2. The van der Waals surface area contributed by atoms with Crippen LogP contribution in [0, 0.1) is 5.82 Å². The molecule has 0 spiro atoms. The quantitative estimate of drug-likeness (QED) is 0.561. The van der Waals surface area contributed by atoms with Crippen LogP contribution in [-0.4, -0.2) is 54.8 Å². The van der Waals surface area contributed by atoms with Crippen LogP contribution in [0.5, 0.6) is 0 Å². The van der Waals surface area contributed by atoms with Crippen LogP contribution in [0.4, 0.5) is 4.39 Å². The van der Waals surface area contributed by atoms with E-state index in [4.69, 9.17) is 11.6 Å². The minimum absolute atomic E-state index is 0.0283. The number of halogens is 2. The Hall–Kier alpha value is -1.86. The molecule has 33 heavy (non-hydrogen) atoms. The highest BCUT2D eigenvalue weighted by molar-refractivity contribution is 8.00. The number of thioether (sulfide) groups is 1. The number of carbonyl (C=O) groups excluding carboxylic acids is 1. The van der Waals surface area contributed by atoms with Crippen LogP contribution in [0.2, 0.25) is 5.02 Å². The molecule has 2 aliphatic rings. The summed E-state index contributed by atoms with van der Waals surface area (Å²) in [6.45, 7) is 5.03. The molecule has 0 unspecified atom stereocenters. The molecule has 1 amide bonds. The molecule has 2 aromatic carbocycles. The maximum atomic E-state index is 13.3. The van der Waals surface area contributed by atoms with Crippen LogP contribution in [0.25, 0.3) is 6.08 Å². The lowest BCUT2D eigenvalue weighted by Crippen LogP contribution is -2.44. The molecular weight excluding hydrogens is 457 g/mol. The molecule has 176 valence electrons. The van der Waals surface area contributed by atoms with Gasteiger partial charge in [0.05, 0.1) is 5.02 Å². The second-order valence-corrected chi connectivity index (χ2v) is 10.5. The van der Waals surface area contributed by atoms with E-state index in [1.54, 1.807) is 0 Å². The van der Waals surface area contributed by atoms with Crippen LogP contribution < -0.4 is 10.6 Å². The first-order valence-corrected chi connectivity index (χ1v) is 12.9. The third kappa shape index (κ3) is 7.31. The normalized spacial score (nSPS) is 18.6. The lowest BCUT2D eigenvalue weighted by atomic mass is 10.0. The van der Waals surface area contributed by atoms with Gasteiger partial charge in [-0.1, -0.05) is 35.9 Å². The average molecular weight is 488 g/mol. The molecule has 2 heterocycles. The Balaban J connectivity index is 1.17. The zero-order chi connectivity index (χ0) is 23.0. The number of carbonyl (C=O) groups is 1. The van der Waals surface area contributed by atoms with Crippen molar-refractivity contribution in [3.8, 4) is 0 Å². The van der Waals surface area contributed by atoms with Gasteiger partial charge in [-0.05, 0) is 74.7 Å². The molecule has 2 aromatic rings. The first-order chi connectivity index (χ1) is 16.1. The predicted molar refractivity (Wildman–Crippen MR) is 136 cm³/mol. The van der Waals surface area contributed by atoms with Crippen molar-refractivity contribution in [2.75, 3.05) is 32.7 Å². The number of nitrogens with one attached hydrogen (secondary N) is 2. The summed E-state index contributed by atoms with van der Waals surface area (Å²) in [4.78, 5) is 16.2. The fraction of sp³-hybridized carbons (Fsp3) is 0.423. The fourth-order valence-electron chi connectivity index (χ4n) is 4.27. The Labute approximate surface area is 205 Å². The van der Waals surface area contributed by atoms with Gasteiger partial charge in [0.15, 0.2) is 0 Å². The number of amides is 1. The SMILES string of the molecule is O=C(NC1CCN(C/C=C/c2ccc(SC3CCNCC3)cc2)CC1)c1ccc(F)c(Cl)c1. The monoisotopic (exact) mass is 487 g/mol. The molecule has 4 nitrogen and oxygen atoms in total. The van der Waals surface area contributed by atoms with Crippen molar-refractivity contribution in [3.63, 3.8) is 0 Å². The Bertz CT molecular complexity index is 955. The Morgan fingerprint density at radius 1 is 1.12 bits per heavy atom. The Kier molecular flexibility index (Phi) is 8.84. The Morgan fingerprint density at radius 3 is 2.55 bits per heavy atom. The average Bonchev–Trinajstić information content (AvgIpc) is 2.84. The van der Waals surface area contributed by atoms with Crippen molar-refractivity contribution < 1.29 is 9.18 Å². The number of hydrogen-bond acceptors (Lipinski definition) is 4. The van der Waals surface area contributed by atoms with Gasteiger partial charge in [-0.2, -0.15) is 0 Å². The second kappa shape index (κ2) is 12.0. The van der Waals surface area contributed by atoms with E-state index < -0.39 is 5.82 Å². The third-order valence-corrected chi connectivity index (χ3v) is 7.89. The van der Waals surface area contributed by atoms with E-state index in [0.717, 1.165) is 50.8 Å². The summed E-state index contributed by atoms with van der Waals surface area (Å²) >= 11 is 7.79. The second-order valence-electron chi connectivity index (χ2n) is 8.72. The molecule has 7 heteroatoms. The number of piperidine rings is 2. The molecule has 4 rings (SSSR count). The van der Waals surface area contributed by atoms with E-state index in [-0.39, 0.29) is 17.0 Å². The zero-order valence-corrected chi connectivity index (χ0v) is 20.3. The van der Waals surface area contributed by atoms with Crippen LogP contribution in [0.15, 0.2) is 53.4 Å². The van der Waals surface area contributed by atoms with Gasteiger partial charge >= 0.3 is 0 Å². The van der Waals surface area contributed by atoms with Crippen molar-refractivity contribution in [2.45, 2.75) is 41.9 Å². The molecule has 0 saturated carbocycles. The summed E-state index contributed by atoms with van der Waals surface area (Å²) in [6, 6.07) is 13.1. The van der Waals surface area contributed by atoms with E-state index in [9.17, 15) is 9.18 Å². The van der Waals surface area contributed by atoms with Gasteiger partial charge in [0.2, 0.25) is 0 Å². The predicted octanol–water partition coefficient (Wildman–Crippen LogP) is 5.23. The van der Waals surface area contributed by atoms with Gasteiger partial charge in [0.1, 0.15) is 5.82 Å². The van der Waals surface area contributed by atoms with Crippen molar-refractivity contribution in [1.82, 2.24) is 15.5 Å². The smallest absolute Gasteiger partial charge is 0.251 e. The highest BCUT2D eigenvalue weighted by Gasteiger charge is 2.21. The van der Waals surface area contributed by atoms with Gasteiger partial charge in [0, 0.05) is 41.4 Å². The Morgan fingerprint density at radius 2 is 1.85 bits per heavy atom. The van der Waals surface area contributed by atoms with Crippen LogP contribution in [0.1, 0.15) is 41.6 Å². The van der Waals surface area contributed by atoms with Crippen molar-refractivity contribution in [2.24, 2.45) is 0 Å². The summed E-state index contributed by atoms with van der Waals surface area (Å²) in [5.41, 5.74) is 1.62. The van der Waals surface area contributed by atoms with Crippen molar-refractivity contribution in [1.29, 1.82) is 0 Å². The maximum Gasteiger partial charge on any atom is 0.251 e. The fourth-order valence-corrected chi connectivity index (χ4v) is 5.60. The van der Waals surface area contributed by atoms with Gasteiger partial charge in [-0.15, -0.1) is 11.8 Å². The first kappa shape index (κ1) is 24.3. The molecular formula is C26H31ClFN3OS. The summed E-state index contributed by atoms with van der Waals surface area (Å²) < 4.78 is 13.3. The minimum atomic E-state index is -0.512. The maximum absolute atomic E-state index is 13.3. The number of likely N-dealkylation sites (tertiary alicyclic amines) is 1. The van der Waals surface area contributed by atoms with Gasteiger partial charge < -0.3 is 10.6 Å². The molecule has 2 fully saturated rings. The van der Waals surface area contributed by atoms with Crippen molar-refractivity contribution >= 4 is 35.3 Å². The molecule has 0 radical (unpaired) electrons. The topological polar surface area (TPSA) is 44.4 Å². The number of benzene rings is 2. The lowest BCUT2D eigenvalue weighted by Gasteiger charge is -2.31. The molecule has 0 atom stereocenters. The van der Waals surface area contributed by atoms with Gasteiger partial charge in [-0.3, -0.25) is 9.69 Å². The van der Waals surface area contributed by atoms with E-state index in [0.29, 0.717) is 5.56 Å². The van der Waals surface area contributed by atoms with E-state index >= 15 is 0 Å². The molecule has 2 N–H and O–H groups in total. The van der Waals surface area contributed by atoms with Crippen LogP contribution in [-0.2, 0) is 0 Å². The highest BCUT2D eigenvalue weighted by atomic mass is 35.5. The third-order valence-electron chi connectivity index (χ3n) is 6.25. The first-order valence-electron chi connectivity index (χ1n) is 11.7. The van der Waals surface area contributed by atoms with E-state index in [1.807, 2.05) is 11.8 Å². The minimum Gasteiger partial charge on any atom is -0.349 e. The van der Waals surface area contributed by atoms with Crippen LogP contribution in [0.3, 0.4) is 0 Å². The van der Waals surface area contributed by atoms with E-state index in [1.165, 1.54) is 41.5 Å². The molecule has 2 saturated heterocycles. The highest BCUT2D eigenvalue weighted by Crippen LogP contribution is 2.29. The van der Waals surface area contributed by atoms with Gasteiger partial charge in [-0.25, -0.2) is 4.39 Å². The zero-order valence-electron chi connectivity index (χ0n) is 18.7. The largest absolute Gasteiger partial charge is 0.349 e. The molecule has 2 aliphatic heterocycles. The van der Waals surface area contributed by atoms with Crippen LogP contribution >= 0.6 is 23.4 Å². The van der Waals surface area contributed by atoms with Gasteiger partial charge in [0.25, 0.3) is 5.91 Å². The summed E-state index contributed by atoms with van der Waals surface area (Å²) in [7, 11) is 0. The lowest BCUT2D eigenvalue weighted by molar-refractivity contribution is 0.0914. The summed E-state index contributed by atoms with van der Waals surface area (Å²) in [5, 5.41) is 7.17. The standard InChI is InChI=1S/C26H31ClFN3OS/c27-24-18-20(5-8-25(24)28)26(32)30-21-11-16-31(17-12-21)15-1-2-19-3-6-22(7-4-19)33-23-9-13-29-14-10-23/h1-8,18,21,23,29H,9-17H2,(H,30,32)/b2-1+. The summed E-state index contributed by atoms with van der Waals surface area (Å²) in [5.74, 6) is -0.710. The van der Waals surface area contributed by atoms with Crippen molar-refractivity contribution in [3.05, 3.63) is 70.5 Å². The number of rotatable bonds is 7. The van der Waals surface area contributed by atoms with E-state index in [2.05, 4.69) is 52.0 Å². The molecule has 0 bridgehead atoms.